The van der Waals surface area contributed by atoms with Gasteiger partial charge in [-0.2, -0.15) is 9.97 Å². The number of nitrogens with two attached hydrogens (primary N) is 1. The number of nitrogen functional groups attached to an aromatic ring is 1. The van der Waals surface area contributed by atoms with Crippen LogP contribution in [0.5, 0.6) is 0 Å². The molecular weight excluding hydrogens is 386 g/mol. The molecule has 11 heteroatoms. The van der Waals surface area contributed by atoms with Crippen LogP contribution in [0.1, 0.15) is 5.69 Å². The Labute approximate surface area is 174 Å². The van der Waals surface area contributed by atoms with Crippen LogP contribution in [0.2, 0.25) is 0 Å². The fourth-order valence-corrected chi connectivity index (χ4v) is 3.90. The summed E-state index contributed by atoms with van der Waals surface area (Å²) in [5.41, 5.74) is 12.4. The average molecular weight is 413 g/mol. The van der Waals surface area contributed by atoms with Crippen LogP contribution < -0.4 is 16.1 Å². The zero-order valence-electron chi connectivity index (χ0n) is 17.0. The highest BCUT2D eigenvalue weighted by molar-refractivity contribution is 5.85. The summed E-state index contributed by atoms with van der Waals surface area (Å²) >= 11 is 0. The Morgan fingerprint density at radius 3 is 2.53 bits per heavy atom. The van der Waals surface area contributed by atoms with Crippen LogP contribution in [-0.4, -0.2) is 102 Å². The SMILES string of the molecule is Nc1nc(N2CCOCC2)c2nc(C3=CN(CCN4CCOCC4)NC3)cnc2n1. The molecule has 0 spiro atoms. The molecule has 0 saturated carbocycles. The third kappa shape index (κ3) is 4.15. The van der Waals surface area contributed by atoms with E-state index in [1.54, 1.807) is 6.20 Å². The first-order valence-electron chi connectivity index (χ1n) is 10.4. The summed E-state index contributed by atoms with van der Waals surface area (Å²) in [6, 6.07) is 0. The number of hydrogen-bond acceptors (Lipinski definition) is 11. The second-order valence-corrected chi connectivity index (χ2v) is 7.57. The summed E-state index contributed by atoms with van der Waals surface area (Å²) in [5.74, 6) is 0.938. The minimum Gasteiger partial charge on any atom is -0.379 e. The number of hydrogen-bond donors (Lipinski definition) is 2. The Morgan fingerprint density at radius 1 is 0.967 bits per heavy atom. The Balaban J connectivity index is 1.35. The Bertz CT molecular complexity index is 926. The topological polar surface area (TPSA) is 118 Å². The molecule has 0 unspecified atom stereocenters. The van der Waals surface area contributed by atoms with Crippen LogP contribution in [0, 0.1) is 0 Å². The maximum atomic E-state index is 5.92. The van der Waals surface area contributed by atoms with Gasteiger partial charge in [0.15, 0.2) is 17.0 Å². The lowest BCUT2D eigenvalue weighted by Crippen LogP contribution is -2.42. The number of hydrazine groups is 1. The van der Waals surface area contributed by atoms with Crippen LogP contribution in [-0.2, 0) is 9.47 Å². The van der Waals surface area contributed by atoms with Gasteiger partial charge in [-0.3, -0.25) is 4.90 Å². The van der Waals surface area contributed by atoms with E-state index in [1.165, 1.54) is 0 Å². The summed E-state index contributed by atoms with van der Waals surface area (Å²) in [6.07, 6.45) is 3.87. The largest absolute Gasteiger partial charge is 0.379 e. The van der Waals surface area contributed by atoms with Gasteiger partial charge in [-0.1, -0.05) is 0 Å². The molecule has 3 aliphatic rings. The third-order valence-corrected chi connectivity index (χ3v) is 5.59. The number of aromatic nitrogens is 4. The fraction of sp³-hybridized carbons (Fsp3) is 0.579. The monoisotopic (exact) mass is 413 g/mol. The van der Waals surface area contributed by atoms with E-state index in [0.29, 0.717) is 30.9 Å². The third-order valence-electron chi connectivity index (χ3n) is 5.59. The maximum absolute atomic E-state index is 5.92. The summed E-state index contributed by atoms with van der Waals surface area (Å²) in [5, 5.41) is 2.12. The molecule has 0 amide bonds. The molecule has 2 aromatic rings. The van der Waals surface area contributed by atoms with Crippen LogP contribution in [0.25, 0.3) is 16.7 Å². The van der Waals surface area contributed by atoms with Gasteiger partial charge >= 0.3 is 0 Å². The number of rotatable bonds is 5. The zero-order chi connectivity index (χ0) is 20.3. The van der Waals surface area contributed by atoms with Gasteiger partial charge in [0.1, 0.15) is 0 Å². The smallest absolute Gasteiger partial charge is 0.224 e. The minimum atomic E-state index is 0.210. The van der Waals surface area contributed by atoms with Crippen molar-refractivity contribution in [2.75, 3.05) is 82.9 Å². The first-order chi connectivity index (χ1) is 14.8. The lowest BCUT2D eigenvalue weighted by atomic mass is 10.2. The molecule has 0 aliphatic carbocycles. The van der Waals surface area contributed by atoms with Gasteiger partial charge in [-0.15, -0.1) is 0 Å². The van der Waals surface area contributed by atoms with Crippen molar-refractivity contribution in [1.29, 1.82) is 0 Å². The highest BCUT2D eigenvalue weighted by Crippen LogP contribution is 2.25. The second kappa shape index (κ2) is 8.64. The average Bonchev–Trinajstić information content (AvgIpc) is 3.27. The summed E-state index contributed by atoms with van der Waals surface area (Å²) < 4.78 is 10.9. The van der Waals surface area contributed by atoms with E-state index in [2.05, 4.69) is 41.4 Å². The van der Waals surface area contributed by atoms with Gasteiger partial charge in [-0.05, 0) is 0 Å². The van der Waals surface area contributed by atoms with Gasteiger partial charge in [0.25, 0.3) is 0 Å². The molecule has 3 aliphatic heterocycles. The first kappa shape index (κ1) is 19.4. The predicted molar refractivity (Wildman–Crippen MR) is 113 cm³/mol. The van der Waals surface area contributed by atoms with Crippen LogP contribution in [0.4, 0.5) is 11.8 Å². The fourth-order valence-electron chi connectivity index (χ4n) is 3.90. The first-order valence-corrected chi connectivity index (χ1v) is 10.4. The number of nitrogens with zero attached hydrogens (tertiary/aromatic N) is 7. The van der Waals surface area contributed by atoms with Crippen molar-refractivity contribution in [2.45, 2.75) is 0 Å². The van der Waals surface area contributed by atoms with E-state index in [9.17, 15) is 0 Å². The molecular formula is C19H27N9O2. The maximum Gasteiger partial charge on any atom is 0.224 e. The van der Waals surface area contributed by atoms with E-state index < -0.39 is 0 Å². The van der Waals surface area contributed by atoms with Crippen LogP contribution in [0.3, 0.4) is 0 Å². The molecule has 30 heavy (non-hydrogen) atoms. The molecule has 5 heterocycles. The molecule has 2 fully saturated rings. The summed E-state index contributed by atoms with van der Waals surface area (Å²) in [6.45, 7) is 9.05. The van der Waals surface area contributed by atoms with Crippen LogP contribution in [0.15, 0.2) is 12.4 Å². The van der Waals surface area contributed by atoms with E-state index in [1.807, 2.05) is 0 Å². The number of ether oxygens (including phenoxy) is 2. The standard InChI is InChI=1S/C19H27N9O2/c20-19-24-17-16(18(25-19)27-5-9-30-10-6-27)23-15(12-21-17)14-11-22-28(13-14)2-1-26-3-7-29-8-4-26/h12-13,22H,1-11H2,(H2,20,21,24,25). The van der Waals surface area contributed by atoms with Gasteiger partial charge in [0, 0.05) is 57.6 Å². The van der Waals surface area contributed by atoms with E-state index in [-0.39, 0.29) is 5.95 Å². The normalized spacial score (nSPS) is 20.7. The molecule has 5 rings (SSSR count). The number of morpholine rings is 2. The highest BCUT2D eigenvalue weighted by Gasteiger charge is 2.21. The number of nitrogens with one attached hydrogen (secondary N) is 1. The van der Waals surface area contributed by atoms with Gasteiger partial charge in [0.2, 0.25) is 5.95 Å². The minimum absolute atomic E-state index is 0.210. The summed E-state index contributed by atoms with van der Waals surface area (Å²) in [7, 11) is 0. The second-order valence-electron chi connectivity index (χ2n) is 7.57. The molecule has 0 atom stereocenters. The Hall–Kier alpha value is -2.60. The molecule has 2 aromatic heterocycles. The van der Waals surface area contributed by atoms with Gasteiger partial charge in [0.05, 0.1) is 38.3 Å². The quantitative estimate of drug-likeness (QED) is 0.650. The highest BCUT2D eigenvalue weighted by atomic mass is 16.5. The molecule has 11 nitrogen and oxygen atoms in total. The number of anilines is 2. The van der Waals surface area contributed by atoms with Crippen molar-refractivity contribution in [3.05, 3.63) is 18.1 Å². The van der Waals surface area contributed by atoms with Crippen molar-refractivity contribution in [1.82, 2.24) is 35.3 Å². The molecule has 2 saturated heterocycles. The van der Waals surface area contributed by atoms with Crippen LogP contribution >= 0.6 is 0 Å². The van der Waals surface area contributed by atoms with Gasteiger partial charge < -0.3 is 25.1 Å². The van der Waals surface area contributed by atoms with Crippen molar-refractivity contribution in [3.8, 4) is 0 Å². The zero-order valence-corrected chi connectivity index (χ0v) is 17.0. The van der Waals surface area contributed by atoms with Crippen molar-refractivity contribution in [2.24, 2.45) is 0 Å². The lowest BCUT2D eigenvalue weighted by molar-refractivity contribution is 0.0340. The Morgan fingerprint density at radius 2 is 1.73 bits per heavy atom. The number of fused-ring (bicyclic) bond motifs is 1. The summed E-state index contributed by atoms with van der Waals surface area (Å²) in [4.78, 5) is 22.7. The van der Waals surface area contributed by atoms with Gasteiger partial charge in [-0.25, -0.2) is 15.4 Å². The van der Waals surface area contributed by atoms with E-state index in [4.69, 9.17) is 20.2 Å². The molecule has 0 bridgehead atoms. The van der Waals surface area contributed by atoms with Crippen molar-refractivity contribution < 1.29 is 9.47 Å². The van der Waals surface area contributed by atoms with E-state index in [0.717, 1.165) is 69.6 Å². The molecule has 160 valence electrons. The van der Waals surface area contributed by atoms with Crippen molar-refractivity contribution in [3.63, 3.8) is 0 Å². The Kier molecular flexibility index (Phi) is 5.58. The molecule has 3 N–H and O–H groups in total. The van der Waals surface area contributed by atoms with E-state index >= 15 is 0 Å². The molecule has 0 aromatic carbocycles. The predicted octanol–water partition coefficient (Wildman–Crippen LogP) is -0.668. The molecule has 0 radical (unpaired) electrons. The lowest BCUT2D eigenvalue weighted by Gasteiger charge is -2.28. The van der Waals surface area contributed by atoms with Crippen molar-refractivity contribution >= 4 is 28.5 Å².